The number of aromatic nitrogens is 1. The number of halogens is 1. The molecule has 0 atom stereocenters. The largest absolute Gasteiger partial charge is 0.431 e. The Labute approximate surface area is 103 Å². The average Bonchev–Trinajstić information content (AvgIpc) is 2.64. The van der Waals surface area contributed by atoms with Gasteiger partial charge in [-0.05, 0) is 22.0 Å². The zero-order valence-corrected chi connectivity index (χ0v) is 10.2. The summed E-state index contributed by atoms with van der Waals surface area (Å²) in [5.74, 6) is 0.399. The Morgan fingerprint density at radius 2 is 2.31 bits per heavy atom. The molecule has 0 amide bonds. The van der Waals surface area contributed by atoms with Crippen LogP contribution >= 0.6 is 27.3 Å². The van der Waals surface area contributed by atoms with Crippen molar-refractivity contribution in [3.63, 3.8) is 0 Å². The molecular weight excluding hydrogens is 296 g/mol. The molecule has 0 aliphatic rings. The number of thiazole rings is 1. The number of benzene rings is 1. The van der Waals surface area contributed by atoms with E-state index >= 15 is 0 Å². The van der Waals surface area contributed by atoms with E-state index in [9.17, 15) is 10.1 Å². The SMILES string of the molecule is O=[N+]([O-])c1cccc(Oc2nc(Br)cs2)c1. The van der Waals surface area contributed by atoms with Crippen LogP contribution in [0.5, 0.6) is 10.9 Å². The number of hydrogen-bond donors (Lipinski definition) is 0. The van der Waals surface area contributed by atoms with E-state index in [1.54, 1.807) is 17.5 Å². The summed E-state index contributed by atoms with van der Waals surface area (Å²) in [6.07, 6.45) is 0. The minimum atomic E-state index is -0.468. The van der Waals surface area contributed by atoms with Crippen molar-refractivity contribution >= 4 is 33.0 Å². The molecule has 0 saturated carbocycles. The maximum atomic E-state index is 10.5. The van der Waals surface area contributed by atoms with Crippen LogP contribution in [0.3, 0.4) is 0 Å². The highest BCUT2D eigenvalue weighted by atomic mass is 79.9. The smallest absolute Gasteiger partial charge is 0.279 e. The van der Waals surface area contributed by atoms with Gasteiger partial charge in [-0.3, -0.25) is 10.1 Å². The summed E-state index contributed by atoms with van der Waals surface area (Å²) in [7, 11) is 0. The van der Waals surface area contributed by atoms with Gasteiger partial charge in [-0.1, -0.05) is 17.4 Å². The van der Waals surface area contributed by atoms with Crippen LogP contribution < -0.4 is 4.74 Å². The molecule has 1 heterocycles. The van der Waals surface area contributed by atoms with Gasteiger partial charge in [0, 0.05) is 11.4 Å². The molecule has 0 saturated heterocycles. The summed E-state index contributed by atoms with van der Waals surface area (Å²) in [6.45, 7) is 0. The highest BCUT2D eigenvalue weighted by Gasteiger charge is 2.08. The van der Waals surface area contributed by atoms with Crippen LogP contribution in [0.15, 0.2) is 34.2 Å². The summed E-state index contributed by atoms with van der Waals surface area (Å²) < 4.78 is 6.04. The summed E-state index contributed by atoms with van der Waals surface area (Å²) in [5.41, 5.74) is -0.00637. The Morgan fingerprint density at radius 1 is 1.50 bits per heavy atom. The van der Waals surface area contributed by atoms with Gasteiger partial charge in [0.05, 0.1) is 11.0 Å². The van der Waals surface area contributed by atoms with Crippen LogP contribution in [0, 0.1) is 10.1 Å². The van der Waals surface area contributed by atoms with Gasteiger partial charge < -0.3 is 4.74 Å². The molecule has 5 nitrogen and oxygen atoms in total. The number of nitro benzene ring substituents is 1. The Kier molecular flexibility index (Phi) is 3.16. The van der Waals surface area contributed by atoms with E-state index in [-0.39, 0.29) is 5.69 Å². The van der Waals surface area contributed by atoms with Crippen LogP contribution in [0.4, 0.5) is 5.69 Å². The first-order valence-electron chi connectivity index (χ1n) is 4.18. The molecule has 16 heavy (non-hydrogen) atoms. The highest BCUT2D eigenvalue weighted by Crippen LogP contribution is 2.28. The number of nitro groups is 1. The summed E-state index contributed by atoms with van der Waals surface area (Å²) in [4.78, 5) is 14.1. The van der Waals surface area contributed by atoms with Crippen molar-refractivity contribution in [2.24, 2.45) is 0 Å². The predicted molar refractivity (Wildman–Crippen MR) is 63.0 cm³/mol. The molecule has 0 radical (unpaired) electrons. The van der Waals surface area contributed by atoms with E-state index in [0.717, 1.165) is 0 Å². The van der Waals surface area contributed by atoms with Crippen molar-refractivity contribution in [3.05, 3.63) is 44.4 Å². The molecule has 82 valence electrons. The van der Waals surface area contributed by atoms with Crippen LogP contribution in [0.2, 0.25) is 0 Å². The zero-order valence-electron chi connectivity index (χ0n) is 7.79. The van der Waals surface area contributed by atoms with Gasteiger partial charge >= 0.3 is 0 Å². The average molecular weight is 301 g/mol. The lowest BCUT2D eigenvalue weighted by atomic mass is 10.3. The van der Waals surface area contributed by atoms with Crippen LogP contribution in [0.25, 0.3) is 0 Å². The standard InChI is InChI=1S/C9H5BrN2O3S/c10-8-5-16-9(11-8)15-7-3-1-2-6(4-7)12(13)14/h1-5H. The van der Waals surface area contributed by atoms with Crippen molar-refractivity contribution < 1.29 is 9.66 Å². The number of non-ortho nitro benzene ring substituents is 1. The first-order chi connectivity index (χ1) is 7.65. The predicted octanol–water partition coefficient (Wildman–Crippen LogP) is 3.61. The zero-order chi connectivity index (χ0) is 11.5. The van der Waals surface area contributed by atoms with Crippen molar-refractivity contribution in [1.29, 1.82) is 0 Å². The first kappa shape index (κ1) is 11.0. The van der Waals surface area contributed by atoms with Crippen LogP contribution in [-0.2, 0) is 0 Å². The van der Waals surface area contributed by atoms with Gasteiger partial charge in [-0.2, -0.15) is 4.98 Å². The Bertz CT molecular complexity index is 529. The van der Waals surface area contributed by atoms with E-state index in [1.807, 2.05) is 0 Å². The van der Waals surface area contributed by atoms with E-state index in [1.165, 1.54) is 23.5 Å². The fourth-order valence-corrected chi connectivity index (χ4v) is 2.15. The van der Waals surface area contributed by atoms with Crippen molar-refractivity contribution in [3.8, 4) is 10.9 Å². The van der Waals surface area contributed by atoms with Gasteiger partial charge in [0.25, 0.3) is 10.9 Å². The number of rotatable bonds is 3. The third-order valence-corrected chi connectivity index (χ3v) is 3.12. The maximum Gasteiger partial charge on any atom is 0.279 e. The topological polar surface area (TPSA) is 65.3 Å². The molecule has 0 unspecified atom stereocenters. The van der Waals surface area contributed by atoms with Crippen LogP contribution in [-0.4, -0.2) is 9.91 Å². The van der Waals surface area contributed by atoms with E-state index < -0.39 is 4.92 Å². The summed E-state index contributed by atoms with van der Waals surface area (Å²) in [6, 6.07) is 5.97. The van der Waals surface area contributed by atoms with E-state index in [2.05, 4.69) is 20.9 Å². The highest BCUT2D eigenvalue weighted by molar-refractivity contribution is 9.10. The molecule has 0 aliphatic carbocycles. The molecule has 2 rings (SSSR count). The lowest BCUT2D eigenvalue weighted by Crippen LogP contribution is -1.89. The molecule has 0 fully saturated rings. The Hall–Kier alpha value is -1.47. The van der Waals surface area contributed by atoms with Crippen molar-refractivity contribution in [2.45, 2.75) is 0 Å². The molecule has 7 heteroatoms. The number of nitrogens with zero attached hydrogens (tertiary/aromatic N) is 2. The normalized spacial score (nSPS) is 10.1. The number of hydrogen-bond acceptors (Lipinski definition) is 5. The lowest BCUT2D eigenvalue weighted by Gasteiger charge is -2.00. The lowest BCUT2D eigenvalue weighted by molar-refractivity contribution is -0.384. The quantitative estimate of drug-likeness (QED) is 0.641. The maximum absolute atomic E-state index is 10.5. The fourth-order valence-electron chi connectivity index (χ4n) is 1.05. The van der Waals surface area contributed by atoms with Crippen molar-refractivity contribution in [2.75, 3.05) is 0 Å². The molecule has 1 aromatic carbocycles. The molecule has 0 aliphatic heterocycles. The number of ether oxygens (including phenoxy) is 1. The first-order valence-corrected chi connectivity index (χ1v) is 5.86. The minimum Gasteiger partial charge on any atom is -0.431 e. The van der Waals surface area contributed by atoms with Gasteiger partial charge in [0.2, 0.25) is 0 Å². The third-order valence-electron chi connectivity index (χ3n) is 1.69. The van der Waals surface area contributed by atoms with Gasteiger partial charge in [-0.25, -0.2) is 0 Å². The monoisotopic (exact) mass is 300 g/mol. The van der Waals surface area contributed by atoms with Gasteiger partial charge in [0.1, 0.15) is 10.4 Å². The molecule has 2 aromatic rings. The van der Waals surface area contributed by atoms with Crippen LogP contribution in [0.1, 0.15) is 0 Å². The van der Waals surface area contributed by atoms with E-state index in [4.69, 9.17) is 4.74 Å². The second-order valence-electron chi connectivity index (χ2n) is 2.79. The Morgan fingerprint density at radius 3 is 2.94 bits per heavy atom. The second-order valence-corrected chi connectivity index (χ2v) is 4.43. The fraction of sp³-hybridized carbons (Fsp3) is 0. The molecule has 0 N–H and O–H groups in total. The molecule has 1 aromatic heterocycles. The summed E-state index contributed by atoms with van der Waals surface area (Å²) in [5, 5.41) is 12.7. The molecule has 0 bridgehead atoms. The summed E-state index contributed by atoms with van der Waals surface area (Å²) >= 11 is 4.50. The second kappa shape index (κ2) is 4.58. The van der Waals surface area contributed by atoms with Gasteiger partial charge in [-0.15, -0.1) is 0 Å². The van der Waals surface area contributed by atoms with Crippen molar-refractivity contribution in [1.82, 2.24) is 4.98 Å². The molecular formula is C9H5BrN2O3S. The Balaban J connectivity index is 2.21. The van der Waals surface area contributed by atoms with Gasteiger partial charge in [0.15, 0.2) is 0 Å². The third kappa shape index (κ3) is 2.56. The molecule has 0 spiro atoms. The van der Waals surface area contributed by atoms with E-state index in [0.29, 0.717) is 15.5 Å². The minimum absolute atomic E-state index is 0.00637.